The highest BCUT2D eigenvalue weighted by molar-refractivity contribution is 6.09. The largest absolute Gasteiger partial charge is 0.456 e. The van der Waals surface area contributed by atoms with Gasteiger partial charge in [0.1, 0.15) is 11.2 Å². The molecule has 2 nitrogen and oxygen atoms in total. The maximum Gasteiger partial charge on any atom is 0.135 e. The Morgan fingerprint density at radius 2 is 1.25 bits per heavy atom. The van der Waals surface area contributed by atoms with Gasteiger partial charge in [-0.2, -0.15) is 0 Å². The first-order valence-corrected chi connectivity index (χ1v) is 12.6. The third-order valence-electron chi connectivity index (χ3n) is 8.18. The molecule has 0 saturated carbocycles. The van der Waals surface area contributed by atoms with Crippen LogP contribution in [0.4, 0.5) is 0 Å². The Labute approximate surface area is 210 Å². The van der Waals surface area contributed by atoms with Gasteiger partial charge < -0.3 is 9.32 Å². The molecule has 0 fully saturated rings. The summed E-state index contributed by atoms with van der Waals surface area (Å²) in [5, 5.41) is 2.36. The lowest BCUT2D eigenvalue weighted by Crippen LogP contribution is -2.28. The van der Waals surface area contributed by atoms with E-state index in [9.17, 15) is 0 Å². The van der Waals surface area contributed by atoms with Crippen LogP contribution in [0.15, 0.2) is 108 Å². The molecule has 0 bridgehead atoms. The number of hydrogen-bond donors (Lipinski definition) is 0. The Balaban J connectivity index is 1.58. The monoisotopic (exact) mass is 463 g/mol. The van der Waals surface area contributed by atoms with E-state index in [2.05, 4.69) is 116 Å². The number of furan rings is 1. The fraction of sp³-hybridized carbons (Fsp3) is 0.118. The quantitative estimate of drug-likeness (QED) is 0.258. The summed E-state index contributed by atoms with van der Waals surface area (Å²) in [4.78, 5) is 2.27. The molecule has 0 saturated heterocycles. The van der Waals surface area contributed by atoms with E-state index in [0.29, 0.717) is 0 Å². The topological polar surface area (TPSA) is 16.4 Å². The molecule has 172 valence electrons. The van der Waals surface area contributed by atoms with Gasteiger partial charge in [0.25, 0.3) is 0 Å². The van der Waals surface area contributed by atoms with Crippen LogP contribution in [0.25, 0.3) is 44.2 Å². The number of hydrogen-bond acceptors (Lipinski definition) is 2. The first kappa shape index (κ1) is 20.1. The molecule has 1 aromatic heterocycles. The van der Waals surface area contributed by atoms with Crippen LogP contribution in [0.5, 0.6) is 0 Å². The zero-order chi connectivity index (χ0) is 24.0. The summed E-state index contributed by atoms with van der Waals surface area (Å²) < 4.78 is 6.44. The fourth-order valence-corrected chi connectivity index (χ4v) is 6.97. The number of rotatable bonds is 2. The lowest BCUT2D eigenvalue weighted by molar-refractivity contribution is 0.400. The van der Waals surface area contributed by atoms with Gasteiger partial charge >= 0.3 is 0 Å². The third kappa shape index (κ3) is 2.35. The molecule has 0 amide bonds. The predicted octanol–water partition coefficient (Wildman–Crippen LogP) is 7.99. The molecule has 1 atom stereocenters. The Morgan fingerprint density at radius 3 is 2.03 bits per heavy atom. The van der Waals surface area contributed by atoms with Crippen molar-refractivity contribution in [3.63, 3.8) is 0 Å². The van der Waals surface area contributed by atoms with Crippen molar-refractivity contribution in [3.8, 4) is 22.3 Å². The minimum Gasteiger partial charge on any atom is -0.456 e. The molecule has 2 aliphatic rings. The minimum absolute atomic E-state index is 0.363. The van der Waals surface area contributed by atoms with E-state index in [1.807, 2.05) is 6.07 Å². The van der Waals surface area contributed by atoms with E-state index in [1.54, 1.807) is 0 Å². The summed E-state index contributed by atoms with van der Waals surface area (Å²) in [6.07, 6.45) is 0. The van der Waals surface area contributed by atoms with Crippen LogP contribution in [0.2, 0.25) is 0 Å². The van der Waals surface area contributed by atoms with E-state index >= 15 is 0 Å². The maximum absolute atomic E-state index is 6.44. The molecule has 8 rings (SSSR count). The molecular formula is C34H25NO. The van der Waals surface area contributed by atoms with Gasteiger partial charge in [-0.1, -0.05) is 84.9 Å². The normalized spacial score (nSPS) is 17.1. The summed E-state index contributed by atoms with van der Waals surface area (Å²) in [6.45, 7) is 0.892. The highest BCUT2D eigenvalue weighted by atomic mass is 16.3. The molecule has 5 aromatic carbocycles. The number of nitrogens with zero attached hydrogens (tertiary/aromatic N) is 1. The molecule has 6 aromatic rings. The number of fused-ring (bicyclic) bond motifs is 13. The highest BCUT2D eigenvalue weighted by Gasteiger charge is 2.52. The molecule has 2 aliphatic carbocycles. The second-order valence-electron chi connectivity index (χ2n) is 10.4. The van der Waals surface area contributed by atoms with Gasteiger partial charge in [0.05, 0.1) is 5.41 Å². The van der Waals surface area contributed by atoms with Crippen molar-refractivity contribution in [2.24, 2.45) is 0 Å². The van der Waals surface area contributed by atoms with Gasteiger partial charge in [0, 0.05) is 17.3 Å². The standard InChI is InChI=1S/C34H25NO/c1-35(2)20-21-10-9-14-25-22-11-3-6-15-28(22)34(33(21)25)29-16-7-4-12-23(29)26-18-27-24-13-5-8-17-31(24)36-32(27)19-30(26)34/h3-19H,20H2,1-2H3. The smallest absolute Gasteiger partial charge is 0.135 e. The average molecular weight is 464 g/mol. The summed E-state index contributed by atoms with van der Waals surface area (Å²) in [6, 6.07) is 37.9. The summed E-state index contributed by atoms with van der Waals surface area (Å²) in [5.41, 5.74) is 13.7. The van der Waals surface area contributed by atoms with Crippen LogP contribution in [0.1, 0.15) is 27.8 Å². The van der Waals surface area contributed by atoms with Gasteiger partial charge in [-0.05, 0) is 82.4 Å². The van der Waals surface area contributed by atoms with E-state index < -0.39 is 0 Å². The molecule has 2 heteroatoms. The highest BCUT2D eigenvalue weighted by Crippen LogP contribution is 2.64. The van der Waals surface area contributed by atoms with Crippen molar-refractivity contribution < 1.29 is 4.42 Å². The van der Waals surface area contributed by atoms with Gasteiger partial charge in [0.15, 0.2) is 0 Å². The van der Waals surface area contributed by atoms with Crippen molar-refractivity contribution in [3.05, 3.63) is 131 Å². The van der Waals surface area contributed by atoms with Gasteiger partial charge in [-0.3, -0.25) is 0 Å². The second kappa shape index (κ2) is 6.96. The predicted molar refractivity (Wildman–Crippen MR) is 147 cm³/mol. The number of para-hydroxylation sites is 1. The van der Waals surface area contributed by atoms with E-state index in [4.69, 9.17) is 4.42 Å². The molecule has 1 heterocycles. The molecular weight excluding hydrogens is 438 g/mol. The van der Waals surface area contributed by atoms with Crippen LogP contribution >= 0.6 is 0 Å². The Kier molecular flexibility index (Phi) is 3.89. The van der Waals surface area contributed by atoms with Crippen molar-refractivity contribution in [1.82, 2.24) is 4.90 Å². The first-order chi connectivity index (χ1) is 17.7. The Bertz CT molecular complexity index is 1860. The molecule has 1 spiro atoms. The fourth-order valence-electron chi connectivity index (χ4n) is 6.97. The van der Waals surface area contributed by atoms with Crippen LogP contribution in [0, 0.1) is 0 Å². The van der Waals surface area contributed by atoms with E-state index in [1.165, 1.54) is 60.8 Å². The SMILES string of the molecule is CN(C)Cc1cccc2c1C1(c3ccccc3-c3cc4c(cc31)oc1ccccc14)c1ccccc1-2. The Morgan fingerprint density at radius 1 is 0.583 bits per heavy atom. The van der Waals surface area contributed by atoms with Crippen molar-refractivity contribution in [2.45, 2.75) is 12.0 Å². The second-order valence-corrected chi connectivity index (χ2v) is 10.4. The lowest BCUT2D eigenvalue weighted by Gasteiger charge is -2.32. The lowest BCUT2D eigenvalue weighted by atomic mass is 9.69. The summed E-state index contributed by atoms with van der Waals surface area (Å²) >= 11 is 0. The van der Waals surface area contributed by atoms with E-state index in [0.717, 1.165) is 17.7 Å². The third-order valence-corrected chi connectivity index (χ3v) is 8.18. The van der Waals surface area contributed by atoms with Crippen LogP contribution < -0.4 is 0 Å². The first-order valence-electron chi connectivity index (χ1n) is 12.6. The molecule has 1 unspecified atom stereocenters. The molecule has 36 heavy (non-hydrogen) atoms. The zero-order valence-corrected chi connectivity index (χ0v) is 20.4. The van der Waals surface area contributed by atoms with Gasteiger partial charge in [-0.25, -0.2) is 0 Å². The van der Waals surface area contributed by atoms with Crippen LogP contribution in [-0.4, -0.2) is 19.0 Å². The van der Waals surface area contributed by atoms with Gasteiger partial charge in [0.2, 0.25) is 0 Å². The summed E-state index contributed by atoms with van der Waals surface area (Å²) in [5.74, 6) is 0. The van der Waals surface area contributed by atoms with Crippen LogP contribution in [-0.2, 0) is 12.0 Å². The molecule has 0 aliphatic heterocycles. The number of benzene rings is 5. The zero-order valence-electron chi connectivity index (χ0n) is 20.4. The minimum atomic E-state index is -0.363. The van der Waals surface area contributed by atoms with Gasteiger partial charge in [-0.15, -0.1) is 0 Å². The van der Waals surface area contributed by atoms with Crippen molar-refractivity contribution >= 4 is 21.9 Å². The molecule has 0 N–H and O–H groups in total. The van der Waals surface area contributed by atoms with Crippen molar-refractivity contribution in [1.29, 1.82) is 0 Å². The average Bonchev–Trinajstić information content (AvgIpc) is 3.51. The van der Waals surface area contributed by atoms with Crippen LogP contribution in [0.3, 0.4) is 0 Å². The molecule has 0 radical (unpaired) electrons. The maximum atomic E-state index is 6.44. The van der Waals surface area contributed by atoms with E-state index in [-0.39, 0.29) is 5.41 Å². The Hall–Kier alpha value is -4.14. The van der Waals surface area contributed by atoms with Crippen molar-refractivity contribution in [2.75, 3.05) is 14.1 Å². The summed E-state index contributed by atoms with van der Waals surface area (Å²) in [7, 11) is 4.31.